The Hall–Kier alpha value is -1.80. The first kappa shape index (κ1) is 17.6. The van der Waals surface area contributed by atoms with Crippen LogP contribution < -0.4 is 5.32 Å². The number of rotatable bonds is 5. The van der Waals surface area contributed by atoms with E-state index >= 15 is 0 Å². The van der Waals surface area contributed by atoms with Crippen molar-refractivity contribution in [2.75, 3.05) is 11.9 Å². The molecule has 1 aliphatic rings. The Balaban J connectivity index is 1.41. The van der Waals surface area contributed by atoms with E-state index in [9.17, 15) is 4.79 Å². The minimum atomic E-state index is -0.243. The fourth-order valence-corrected chi connectivity index (χ4v) is 4.90. The third-order valence-electron chi connectivity index (χ3n) is 4.34. The maximum atomic E-state index is 12.4. The summed E-state index contributed by atoms with van der Waals surface area (Å²) in [7, 11) is 0. The van der Waals surface area contributed by atoms with Crippen LogP contribution in [0.2, 0.25) is 5.02 Å². The summed E-state index contributed by atoms with van der Waals surface area (Å²) in [6.07, 6.45) is 2.36. The first-order valence-corrected chi connectivity index (χ1v) is 10.4. The number of amides is 1. The molecular weight excluding hydrogens is 388 g/mol. The molecule has 2 aromatic heterocycles. The maximum Gasteiger partial charge on any atom is 0.286 e. The lowest BCUT2D eigenvalue weighted by Crippen LogP contribution is -2.22. The van der Waals surface area contributed by atoms with Gasteiger partial charge < -0.3 is 5.32 Å². The van der Waals surface area contributed by atoms with Crippen LogP contribution >= 0.6 is 34.3 Å². The van der Waals surface area contributed by atoms with Crippen molar-refractivity contribution < 1.29 is 4.79 Å². The molecule has 0 aliphatic carbocycles. The summed E-state index contributed by atoms with van der Waals surface area (Å²) in [4.78, 5) is 16.2. The monoisotopic (exact) mass is 404 g/mol. The zero-order chi connectivity index (χ0) is 17.9. The largest absolute Gasteiger partial charge is 0.320 e. The Morgan fingerprint density at radius 1 is 1.27 bits per heavy atom. The smallest absolute Gasteiger partial charge is 0.286 e. The number of aromatic nitrogens is 2. The molecule has 1 amide bonds. The van der Waals surface area contributed by atoms with Gasteiger partial charge in [0.2, 0.25) is 5.01 Å². The minimum Gasteiger partial charge on any atom is -0.320 e. The van der Waals surface area contributed by atoms with Gasteiger partial charge in [0.1, 0.15) is 5.01 Å². The summed E-state index contributed by atoms with van der Waals surface area (Å²) in [6.45, 7) is 1.78. The van der Waals surface area contributed by atoms with Gasteiger partial charge in [-0.15, -0.1) is 21.5 Å². The molecule has 26 heavy (non-hydrogen) atoms. The van der Waals surface area contributed by atoms with Crippen LogP contribution in [0.4, 0.5) is 5.69 Å². The number of carbonyl (C=O) groups excluding carboxylic acids is 1. The van der Waals surface area contributed by atoms with Gasteiger partial charge in [0, 0.05) is 21.6 Å². The number of hydrogen-bond acceptors (Lipinski definition) is 6. The predicted octanol–water partition coefficient (Wildman–Crippen LogP) is 4.84. The predicted molar refractivity (Wildman–Crippen MR) is 106 cm³/mol. The highest BCUT2D eigenvalue weighted by Gasteiger charge is 2.28. The van der Waals surface area contributed by atoms with Crippen molar-refractivity contribution >= 4 is 45.9 Å². The molecule has 1 atom stereocenters. The number of benzene rings is 1. The summed E-state index contributed by atoms with van der Waals surface area (Å²) in [5.41, 5.74) is 0.688. The summed E-state index contributed by atoms with van der Waals surface area (Å²) >= 11 is 9.01. The Morgan fingerprint density at radius 2 is 2.12 bits per heavy atom. The average molecular weight is 405 g/mol. The number of nitrogens with zero attached hydrogens (tertiary/aromatic N) is 3. The molecular formula is C18H17ClN4OS2. The molecule has 1 aromatic carbocycles. The van der Waals surface area contributed by atoms with Gasteiger partial charge in [-0.25, -0.2) is 0 Å². The highest BCUT2D eigenvalue weighted by Crippen LogP contribution is 2.35. The number of nitrogens with one attached hydrogen (secondary N) is 1. The molecule has 134 valence electrons. The zero-order valence-corrected chi connectivity index (χ0v) is 16.3. The molecule has 1 unspecified atom stereocenters. The molecule has 0 spiro atoms. The van der Waals surface area contributed by atoms with Crippen LogP contribution in [0, 0.1) is 0 Å². The van der Waals surface area contributed by atoms with E-state index in [-0.39, 0.29) is 5.91 Å². The van der Waals surface area contributed by atoms with Crippen molar-refractivity contribution in [3.8, 4) is 0 Å². The number of likely N-dealkylation sites (tertiary alicyclic amines) is 1. The third-order valence-corrected chi connectivity index (χ3v) is 6.47. The van der Waals surface area contributed by atoms with E-state index in [0.29, 0.717) is 21.8 Å². The second-order valence-electron chi connectivity index (χ2n) is 6.11. The van der Waals surface area contributed by atoms with Crippen molar-refractivity contribution in [1.82, 2.24) is 15.1 Å². The van der Waals surface area contributed by atoms with E-state index in [0.717, 1.165) is 18.1 Å². The van der Waals surface area contributed by atoms with Crippen LogP contribution in [0.15, 0.2) is 41.8 Å². The van der Waals surface area contributed by atoms with Gasteiger partial charge in [-0.05, 0) is 55.1 Å². The molecule has 0 saturated carbocycles. The van der Waals surface area contributed by atoms with E-state index in [4.69, 9.17) is 11.6 Å². The molecule has 1 fully saturated rings. The van der Waals surface area contributed by atoms with Crippen molar-refractivity contribution in [1.29, 1.82) is 0 Å². The van der Waals surface area contributed by atoms with Gasteiger partial charge in [-0.2, -0.15) is 0 Å². The van der Waals surface area contributed by atoms with Crippen molar-refractivity contribution in [3.05, 3.63) is 61.7 Å². The van der Waals surface area contributed by atoms with Gasteiger partial charge in [0.15, 0.2) is 0 Å². The normalized spacial score (nSPS) is 17.5. The molecule has 8 heteroatoms. The fraction of sp³-hybridized carbons (Fsp3) is 0.278. The molecule has 0 bridgehead atoms. The lowest BCUT2D eigenvalue weighted by atomic mass is 10.2. The van der Waals surface area contributed by atoms with Gasteiger partial charge in [0.05, 0.1) is 6.54 Å². The highest BCUT2D eigenvalue weighted by atomic mass is 35.5. The van der Waals surface area contributed by atoms with E-state index < -0.39 is 0 Å². The lowest BCUT2D eigenvalue weighted by molar-refractivity contribution is 0.102. The topological polar surface area (TPSA) is 58.1 Å². The SMILES string of the molecule is O=C(Nc1ccc(Cl)cc1)c1nnc(CN2CCCC2c2cccs2)s1. The van der Waals surface area contributed by atoms with E-state index in [1.807, 2.05) is 0 Å². The van der Waals surface area contributed by atoms with Crippen molar-refractivity contribution in [3.63, 3.8) is 0 Å². The number of halogens is 1. The van der Waals surface area contributed by atoms with Crippen molar-refractivity contribution in [2.24, 2.45) is 0 Å². The van der Waals surface area contributed by atoms with Crippen LogP contribution in [0.25, 0.3) is 0 Å². The number of hydrogen-bond donors (Lipinski definition) is 1. The Kier molecular flexibility index (Phi) is 5.31. The molecule has 0 radical (unpaired) electrons. The summed E-state index contributed by atoms with van der Waals surface area (Å²) in [5, 5.41) is 15.1. The van der Waals surface area contributed by atoms with E-state index in [1.54, 1.807) is 35.6 Å². The lowest BCUT2D eigenvalue weighted by Gasteiger charge is -2.21. The minimum absolute atomic E-state index is 0.243. The maximum absolute atomic E-state index is 12.4. The number of carbonyl (C=O) groups is 1. The first-order valence-electron chi connectivity index (χ1n) is 8.36. The van der Waals surface area contributed by atoms with Gasteiger partial charge >= 0.3 is 0 Å². The molecule has 1 aliphatic heterocycles. The van der Waals surface area contributed by atoms with Crippen molar-refractivity contribution in [2.45, 2.75) is 25.4 Å². The van der Waals surface area contributed by atoms with Gasteiger partial charge in [-0.3, -0.25) is 9.69 Å². The fourth-order valence-electron chi connectivity index (χ4n) is 3.12. The third kappa shape index (κ3) is 3.96. The average Bonchev–Trinajstić information content (AvgIpc) is 3.38. The Morgan fingerprint density at radius 3 is 2.88 bits per heavy atom. The molecule has 3 heterocycles. The molecule has 1 saturated heterocycles. The number of thiophene rings is 1. The van der Waals surface area contributed by atoms with E-state index in [2.05, 4.69) is 37.9 Å². The molecule has 3 aromatic rings. The Bertz CT molecular complexity index is 879. The summed E-state index contributed by atoms with van der Waals surface area (Å²) in [6, 6.07) is 11.7. The zero-order valence-electron chi connectivity index (χ0n) is 13.9. The second kappa shape index (κ2) is 7.84. The summed E-state index contributed by atoms with van der Waals surface area (Å²) in [5.74, 6) is -0.243. The van der Waals surface area contributed by atoms with Crippen LogP contribution in [0.1, 0.15) is 38.6 Å². The van der Waals surface area contributed by atoms with Crippen LogP contribution in [0.3, 0.4) is 0 Å². The van der Waals surface area contributed by atoms with E-state index in [1.165, 1.54) is 29.1 Å². The van der Waals surface area contributed by atoms with Crippen LogP contribution in [-0.4, -0.2) is 27.5 Å². The van der Waals surface area contributed by atoms with Gasteiger partial charge in [0.25, 0.3) is 5.91 Å². The van der Waals surface area contributed by atoms with Crippen LogP contribution in [-0.2, 0) is 6.54 Å². The van der Waals surface area contributed by atoms with Crippen LogP contribution in [0.5, 0.6) is 0 Å². The quantitative estimate of drug-likeness (QED) is 0.660. The second-order valence-corrected chi connectivity index (χ2v) is 8.58. The van der Waals surface area contributed by atoms with Gasteiger partial charge in [-0.1, -0.05) is 29.0 Å². The highest BCUT2D eigenvalue weighted by molar-refractivity contribution is 7.13. The first-order chi connectivity index (χ1) is 12.7. The number of anilines is 1. The molecule has 4 rings (SSSR count). The summed E-state index contributed by atoms with van der Waals surface area (Å²) < 4.78 is 0. The standard InChI is InChI=1S/C18H17ClN4OS2/c19-12-5-7-13(8-6-12)20-17(24)18-22-21-16(26-18)11-23-9-1-3-14(23)15-4-2-10-25-15/h2,4-8,10,14H,1,3,9,11H2,(H,20,24). The Labute approximate surface area is 164 Å². The molecule has 1 N–H and O–H groups in total. The molecule has 5 nitrogen and oxygen atoms in total.